The fraction of sp³-hybridized carbons (Fsp3) is 1.00. The molecule has 0 atom stereocenters. The predicted molar refractivity (Wildman–Crippen MR) is 50.6 cm³/mol. The molecule has 0 bridgehead atoms. The van der Waals surface area contributed by atoms with Gasteiger partial charge in [0.2, 0.25) is 0 Å². The molecule has 0 radical (unpaired) electrons. The Morgan fingerprint density at radius 3 is 2.00 bits per heavy atom. The zero-order chi connectivity index (χ0) is 8.82. The van der Waals surface area contributed by atoms with E-state index in [0.29, 0.717) is 18.9 Å². The lowest BCUT2D eigenvalue weighted by atomic mass is 9.83. The molecule has 4 heteroatoms. The maximum atomic E-state index is 12.9. The molecule has 0 aromatic carbocycles. The standard InChI is InChI=1S/C9H15F2N.ClH/c1-12-7-2-4-8(5-3-7)6-9(8,10)11;/h7,12H,2-6H2,1H3;1H. The van der Waals surface area contributed by atoms with Gasteiger partial charge in [-0.25, -0.2) is 8.78 Å². The molecule has 0 aliphatic heterocycles. The Balaban J connectivity index is 0.000000845. The first-order valence-corrected chi connectivity index (χ1v) is 4.65. The minimum Gasteiger partial charge on any atom is -0.317 e. The van der Waals surface area contributed by atoms with Crippen LogP contribution in [0.3, 0.4) is 0 Å². The third-order valence-corrected chi connectivity index (χ3v) is 3.56. The molecule has 0 aromatic rings. The molecule has 13 heavy (non-hydrogen) atoms. The van der Waals surface area contributed by atoms with Crippen LogP contribution in [0, 0.1) is 5.41 Å². The summed E-state index contributed by atoms with van der Waals surface area (Å²) in [6, 6.07) is 0.479. The van der Waals surface area contributed by atoms with Gasteiger partial charge in [-0.3, -0.25) is 0 Å². The topological polar surface area (TPSA) is 12.0 Å². The summed E-state index contributed by atoms with van der Waals surface area (Å²) in [6.07, 6.45) is 3.42. The smallest absolute Gasteiger partial charge is 0.254 e. The molecule has 0 saturated heterocycles. The molecule has 2 rings (SSSR count). The molecule has 1 N–H and O–H groups in total. The summed E-state index contributed by atoms with van der Waals surface area (Å²) in [5.74, 6) is -2.33. The number of hydrogen-bond acceptors (Lipinski definition) is 1. The fourth-order valence-corrected chi connectivity index (χ4v) is 2.38. The summed E-state index contributed by atoms with van der Waals surface area (Å²) in [5.41, 5.74) is -0.569. The number of halogens is 3. The second-order valence-electron chi connectivity index (χ2n) is 4.22. The van der Waals surface area contributed by atoms with Crippen molar-refractivity contribution in [3.8, 4) is 0 Å². The van der Waals surface area contributed by atoms with Crippen molar-refractivity contribution >= 4 is 12.4 Å². The molecule has 0 unspecified atom stereocenters. The van der Waals surface area contributed by atoms with Gasteiger partial charge in [-0.2, -0.15) is 0 Å². The van der Waals surface area contributed by atoms with Crippen LogP contribution in [0.4, 0.5) is 8.78 Å². The van der Waals surface area contributed by atoms with Crippen molar-refractivity contribution in [2.45, 2.75) is 44.1 Å². The first kappa shape index (κ1) is 11.2. The highest BCUT2D eigenvalue weighted by molar-refractivity contribution is 5.85. The molecule has 0 amide bonds. The van der Waals surface area contributed by atoms with E-state index in [2.05, 4.69) is 5.32 Å². The quantitative estimate of drug-likeness (QED) is 0.703. The van der Waals surface area contributed by atoms with Crippen molar-refractivity contribution in [3.05, 3.63) is 0 Å². The fourth-order valence-electron chi connectivity index (χ4n) is 2.38. The summed E-state index contributed by atoms with van der Waals surface area (Å²) in [7, 11) is 1.91. The van der Waals surface area contributed by atoms with Crippen molar-refractivity contribution in [1.82, 2.24) is 5.32 Å². The number of alkyl halides is 2. The number of hydrogen-bond donors (Lipinski definition) is 1. The first-order valence-electron chi connectivity index (χ1n) is 4.65. The van der Waals surface area contributed by atoms with Gasteiger partial charge in [-0.15, -0.1) is 12.4 Å². The van der Waals surface area contributed by atoms with E-state index in [1.807, 2.05) is 7.05 Å². The largest absolute Gasteiger partial charge is 0.317 e. The third-order valence-electron chi connectivity index (χ3n) is 3.56. The lowest BCUT2D eigenvalue weighted by Crippen LogP contribution is -2.32. The molecule has 0 heterocycles. The molecular weight excluding hydrogens is 196 g/mol. The molecule has 78 valence electrons. The van der Waals surface area contributed by atoms with Gasteiger partial charge in [0.25, 0.3) is 5.92 Å². The molecule has 2 aliphatic rings. The van der Waals surface area contributed by atoms with Crippen molar-refractivity contribution < 1.29 is 8.78 Å². The third kappa shape index (κ3) is 1.68. The van der Waals surface area contributed by atoms with E-state index in [1.165, 1.54) is 0 Å². The van der Waals surface area contributed by atoms with Gasteiger partial charge in [0, 0.05) is 17.9 Å². The van der Waals surface area contributed by atoms with Crippen LogP contribution in [0.25, 0.3) is 0 Å². The van der Waals surface area contributed by atoms with Crippen molar-refractivity contribution in [2.24, 2.45) is 5.41 Å². The maximum absolute atomic E-state index is 12.9. The van der Waals surface area contributed by atoms with E-state index >= 15 is 0 Å². The van der Waals surface area contributed by atoms with Crippen molar-refractivity contribution in [2.75, 3.05) is 7.05 Å². The zero-order valence-electron chi connectivity index (χ0n) is 7.78. The zero-order valence-corrected chi connectivity index (χ0v) is 8.59. The summed E-state index contributed by atoms with van der Waals surface area (Å²) >= 11 is 0. The average molecular weight is 212 g/mol. The highest BCUT2D eigenvalue weighted by atomic mass is 35.5. The summed E-state index contributed by atoms with van der Waals surface area (Å²) in [4.78, 5) is 0. The minimum absolute atomic E-state index is 0. The monoisotopic (exact) mass is 211 g/mol. The Morgan fingerprint density at radius 2 is 1.69 bits per heavy atom. The lowest BCUT2D eigenvalue weighted by molar-refractivity contribution is 0.0443. The number of rotatable bonds is 1. The van der Waals surface area contributed by atoms with E-state index in [1.54, 1.807) is 0 Å². The molecule has 2 aliphatic carbocycles. The van der Waals surface area contributed by atoms with Gasteiger partial charge in [-0.05, 0) is 32.7 Å². The van der Waals surface area contributed by atoms with Gasteiger partial charge in [-0.1, -0.05) is 0 Å². The Labute approximate surface area is 83.7 Å². The average Bonchev–Trinajstić information content (AvgIpc) is 2.55. The Bertz CT molecular complexity index is 188. The van der Waals surface area contributed by atoms with Crippen LogP contribution in [0.2, 0.25) is 0 Å². The molecule has 2 fully saturated rings. The Kier molecular flexibility index (Phi) is 2.89. The van der Waals surface area contributed by atoms with E-state index in [0.717, 1.165) is 12.8 Å². The minimum atomic E-state index is -2.33. The maximum Gasteiger partial charge on any atom is 0.254 e. The Hall–Kier alpha value is 0.110. The van der Waals surface area contributed by atoms with E-state index in [4.69, 9.17) is 0 Å². The molecule has 0 aromatic heterocycles. The van der Waals surface area contributed by atoms with E-state index < -0.39 is 11.3 Å². The molecule has 1 nitrogen and oxygen atoms in total. The molecule has 2 saturated carbocycles. The normalized spacial score (nSPS) is 41.3. The van der Waals surface area contributed by atoms with Gasteiger partial charge >= 0.3 is 0 Å². The first-order chi connectivity index (χ1) is 5.60. The van der Waals surface area contributed by atoms with Crippen LogP contribution in [0.1, 0.15) is 32.1 Å². The molecule has 1 spiro atoms. The van der Waals surface area contributed by atoms with Gasteiger partial charge < -0.3 is 5.32 Å². The van der Waals surface area contributed by atoms with Crippen LogP contribution < -0.4 is 5.32 Å². The van der Waals surface area contributed by atoms with E-state index in [9.17, 15) is 8.78 Å². The second-order valence-corrected chi connectivity index (χ2v) is 4.22. The van der Waals surface area contributed by atoms with Crippen LogP contribution in [0.5, 0.6) is 0 Å². The van der Waals surface area contributed by atoms with Crippen LogP contribution in [-0.2, 0) is 0 Å². The molecular formula is C9H16ClF2N. The highest BCUT2D eigenvalue weighted by Crippen LogP contribution is 2.67. The van der Waals surface area contributed by atoms with Gasteiger partial charge in [0.05, 0.1) is 0 Å². The van der Waals surface area contributed by atoms with Crippen LogP contribution in [0.15, 0.2) is 0 Å². The lowest BCUT2D eigenvalue weighted by Gasteiger charge is -2.28. The van der Waals surface area contributed by atoms with Crippen molar-refractivity contribution in [3.63, 3.8) is 0 Å². The second kappa shape index (κ2) is 3.35. The summed E-state index contributed by atoms with van der Waals surface area (Å²) in [6.45, 7) is 0. The number of nitrogens with one attached hydrogen (secondary N) is 1. The SMILES string of the molecule is CNC1CCC2(CC1)CC2(F)F.Cl. The summed E-state index contributed by atoms with van der Waals surface area (Å²) < 4.78 is 25.8. The Morgan fingerprint density at radius 1 is 1.23 bits per heavy atom. The van der Waals surface area contributed by atoms with Crippen molar-refractivity contribution in [1.29, 1.82) is 0 Å². The van der Waals surface area contributed by atoms with E-state index in [-0.39, 0.29) is 18.8 Å². The predicted octanol–water partition coefficient (Wildman–Crippen LogP) is 2.60. The summed E-state index contributed by atoms with van der Waals surface area (Å²) in [5, 5.41) is 3.15. The van der Waals surface area contributed by atoms with Gasteiger partial charge in [0.15, 0.2) is 0 Å². The van der Waals surface area contributed by atoms with Crippen LogP contribution >= 0.6 is 12.4 Å². The van der Waals surface area contributed by atoms with Crippen LogP contribution in [-0.4, -0.2) is 19.0 Å². The highest BCUT2D eigenvalue weighted by Gasteiger charge is 2.70. The van der Waals surface area contributed by atoms with Gasteiger partial charge in [0.1, 0.15) is 0 Å².